The predicted octanol–water partition coefficient (Wildman–Crippen LogP) is 2.01. The molecule has 0 atom stereocenters. The van der Waals surface area contributed by atoms with Gasteiger partial charge in [-0.3, -0.25) is 0 Å². The first-order chi connectivity index (χ1) is 8.77. The molecular formula is C13H18N2O3. The summed E-state index contributed by atoms with van der Waals surface area (Å²) in [5, 5.41) is 12.0. The van der Waals surface area contributed by atoms with Crippen LogP contribution in [0.3, 0.4) is 0 Å². The van der Waals surface area contributed by atoms with Crippen LogP contribution >= 0.6 is 0 Å². The Morgan fingerprint density at radius 3 is 3.11 bits per heavy atom. The number of hydrogen-bond donors (Lipinski definition) is 2. The normalized spacial score (nSPS) is 14.4. The summed E-state index contributed by atoms with van der Waals surface area (Å²) >= 11 is 0. The fraction of sp³-hybridized carbons (Fsp3) is 0.538. The van der Waals surface area contributed by atoms with Gasteiger partial charge >= 0.3 is 5.97 Å². The zero-order valence-electron chi connectivity index (χ0n) is 10.3. The highest BCUT2D eigenvalue weighted by Crippen LogP contribution is 2.28. The first-order valence-corrected chi connectivity index (χ1v) is 6.27. The molecule has 0 aliphatic heterocycles. The van der Waals surface area contributed by atoms with Crippen LogP contribution in [0.25, 0.3) is 0 Å². The molecular weight excluding hydrogens is 232 g/mol. The molecule has 2 rings (SSSR count). The van der Waals surface area contributed by atoms with Gasteiger partial charge in [0.2, 0.25) is 0 Å². The number of ether oxygens (including phenoxy) is 1. The molecule has 1 saturated carbocycles. The summed E-state index contributed by atoms with van der Waals surface area (Å²) in [5.41, 5.74) is 0.628. The van der Waals surface area contributed by atoms with Crippen LogP contribution in [0.2, 0.25) is 0 Å². The Balaban J connectivity index is 1.67. The summed E-state index contributed by atoms with van der Waals surface area (Å²) in [6, 6.07) is 3.44. The van der Waals surface area contributed by atoms with E-state index in [9.17, 15) is 4.79 Å². The van der Waals surface area contributed by atoms with Crippen molar-refractivity contribution >= 4 is 11.7 Å². The lowest BCUT2D eigenvalue weighted by atomic mass is 10.3. The SMILES string of the molecule is O=C(O)c1ncccc1NCCCOCC1CC1. The van der Waals surface area contributed by atoms with Gasteiger partial charge in [0.25, 0.3) is 0 Å². The van der Waals surface area contributed by atoms with Crippen molar-refractivity contribution in [1.29, 1.82) is 0 Å². The molecule has 98 valence electrons. The number of rotatable bonds is 8. The van der Waals surface area contributed by atoms with Gasteiger partial charge in [0.1, 0.15) is 0 Å². The molecule has 5 nitrogen and oxygen atoms in total. The standard InChI is InChI=1S/C13H18N2O3/c16-13(17)12-11(3-1-6-15-12)14-7-2-8-18-9-10-4-5-10/h1,3,6,10,14H,2,4-5,7-9H2,(H,16,17). The van der Waals surface area contributed by atoms with Crippen LogP contribution in [-0.4, -0.2) is 35.8 Å². The molecule has 0 aromatic carbocycles. The third-order valence-electron chi connectivity index (χ3n) is 2.84. The molecule has 1 aromatic rings. The average molecular weight is 250 g/mol. The molecule has 1 aromatic heterocycles. The zero-order valence-corrected chi connectivity index (χ0v) is 10.3. The van der Waals surface area contributed by atoms with E-state index in [0.29, 0.717) is 18.8 Å². The highest BCUT2D eigenvalue weighted by Gasteiger charge is 2.20. The van der Waals surface area contributed by atoms with Crippen LogP contribution in [0.1, 0.15) is 29.8 Å². The van der Waals surface area contributed by atoms with Gasteiger partial charge in [-0.25, -0.2) is 9.78 Å². The highest BCUT2D eigenvalue weighted by molar-refractivity contribution is 5.91. The number of pyridine rings is 1. The largest absolute Gasteiger partial charge is 0.476 e. The van der Waals surface area contributed by atoms with Crippen LogP contribution in [-0.2, 0) is 4.74 Å². The van der Waals surface area contributed by atoms with E-state index < -0.39 is 5.97 Å². The number of aromatic nitrogens is 1. The van der Waals surface area contributed by atoms with E-state index in [1.165, 1.54) is 19.0 Å². The molecule has 1 aliphatic rings. The van der Waals surface area contributed by atoms with Crippen molar-refractivity contribution in [2.24, 2.45) is 5.92 Å². The molecule has 2 N–H and O–H groups in total. The number of nitrogens with one attached hydrogen (secondary N) is 1. The summed E-state index contributed by atoms with van der Waals surface area (Å²) in [7, 11) is 0. The van der Waals surface area contributed by atoms with Gasteiger partial charge in [0.05, 0.1) is 5.69 Å². The van der Waals surface area contributed by atoms with Crippen LogP contribution in [0.4, 0.5) is 5.69 Å². The molecule has 1 fully saturated rings. The van der Waals surface area contributed by atoms with Gasteiger partial charge in [0.15, 0.2) is 5.69 Å². The minimum Gasteiger partial charge on any atom is -0.476 e. The van der Waals surface area contributed by atoms with E-state index in [-0.39, 0.29) is 5.69 Å². The number of carboxylic acids is 1. The number of hydrogen-bond acceptors (Lipinski definition) is 4. The van der Waals surface area contributed by atoms with E-state index >= 15 is 0 Å². The molecule has 0 spiro atoms. The lowest BCUT2D eigenvalue weighted by molar-refractivity contribution is 0.0691. The first-order valence-electron chi connectivity index (χ1n) is 6.27. The maximum absolute atomic E-state index is 10.9. The average Bonchev–Trinajstić information content (AvgIpc) is 3.18. The van der Waals surface area contributed by atoms with E-state index in [0.717, 1.165) is 18.9 Å². The van der Waals surface area contributed by atoms with Crippen LogP contribution in [0, 0.1) is 5.92 Å². The third kappa shape index (κ3) is 4.00. The molecule has 18 heavy (non-hydrogen) atoms. The van der Waals surface area contributed by atoms with Crippen LogP contribution in [0.15, 0.2) is 18.3 Å². The lowest BCUT2D eigenvalue weighted by Gasteiger charge is -2.08. The summed E-state index contributed by atoms with van der Waals surface area (Å²) in [6.07, 6.45) is 4.94. The topological polar surface area (TPSA) is 71.5 Å². The Morgan fingerprint density at radius 2 is 2.39 bits per heavy atom. The quantitative estimate of drug-likeness (QED) is 0.690. The summed E-state index contributed by atoms with van der Waals surface area (Å²) in [4.78, 5) is 14.7. The van der Waals surface area contributed by atoms with Gasteiger partial charge < -0.3 is 15.2 Å². The minimum absolute atomic E-state index is 0.0661. The number of carboxylic acid groups (broad SMARTS) is 1. The Hall–Kier alpha value is -1.62. The number of aromatic carboxylic acids is 1. The van der Waals surface area contributed by atoms with Crippen LogP contribution in [0.5, 0.6) is 0 Å². The van der Waals surface area contributed by atoms with Crippen molar-refractivity contribution < 1.29 is 14.6 Å². The monoisotopic (exact) mass is 250 g/mol. The van der Waals surface area contributed by atoms with Crippen LogP contribution < -0.4 is 5.32 Å². The third-order valence-corrected chi connectivity index (χ3v) is 2.84. The molecule has 0 saturated heterocycles. The number of nitrogens with zero attached hydrogens (tertiary/aromatic N) is 1. The number of carbonyl (C=O) groups is 1. The van der Waals surface area contributed by atoms with E-state index in [1.807, 2.05) is 0 Å². The maximum atomic E-state index is 10.9. The van der Waals surface area contributed by atoms with Gasteiger partial charge in [-0.15, -0.1) is 0 Å². The minimum atomic E-state index is -1.01. The molecule has 0 unspecified atom stereocenters. The summed E-state index contributed by atoms with van der Waals surface area (Å²) in [6.45, 7) is 2.27. The van der Waals surface area contributed by atoms with E-state index in [1.54, 1.807) is 12.1 Å². The smallest absolute Gasteiger partial charge is 0.356 e. The summed E-state index contributed by atoms with van der Waals surface area (Å²) in [5.74, 6) is -0.224. The highest BCUT2D eigenvalue weighted by atomic mass is 16.5. The van der Waals surface area contributed by atoms with E-state index in [4.69, 9.17) is 9.84 Å². The molecule has 1 aliphatic carbocycles. The Kier molecular flexibility index (Phi) is 4.52. The van der Waals surface area contributed by atoms with Crippen molar-refractivity contribution in [3.8, 4) is 0 Å². The lowest BCUT2D eigenvalue weighted by Crippen LogP contribution is -2.11. The van der Waals surface area contributed by atoms with Crippen molar-refractivity contribution in [3.63, 3.8) is 0 Å². The first kappa shape index (κ1) is 12.8. The van der Waals surface area contributed by atoms with Crippen molar-refractivity contribution in [3.05, 3.63) is 24.0 Å². The second-order valence-corrected chi connectivity index (χ2v) is 4.50. The van der Waals surface area contributed by atoms with Crippen molar-refractivity contribution in [2.45, 2.75) is 19.3 Å². The Labute approximate surface area is 106 Å². The number of anilines is 1. The fourth-order valence-electron chi connectivity index (χ4n) is 1.65. The zero-order chi connectivity index (χ0) is 12.8. The Morgan fingerprint density at radius 1 is 1.56 bits per heavy atom. The van der Waals surface area contributed by atoms with Crippen molar-refractivity contribution in [2.75, 3.05) is 25.1 Å². The molecule has 0 amide bonds. The Bertz CT molecular complexity index is 405. The predicted molar refractivity (Wildman–Crippen MR) is 67.8 cm³/mol. The fourth-order valence-corrected chi connectivity index (χ4v) is 1.65. The second kappa shape index (κ2) is 6.35. The van der Waals surface area contributed by atoms with Crippen molar-refractivity contribution in [1.82, 2.24) is 4.98 Å². The molecule has 1 heterocycles. The van der Waals surface area contributed by atoms with Gasteiger partial charge in [-0.2, -0.15) is 0 Å². The van der Waals surface area contributed by atoms with Gasteiger partial charge in [-0.05, 0) is 37.3 Å². The second-order valence-electron chi connectivity index (χ2n) is 4.50. The molecule has 5 heteroatoms. The van der Waals surface area contributed by atoms with Gasteiger partial charge in [-0.1, -0.05) is 0 Å². The molecule has 0 radical (unpaired) electrons. The van der Waals surface area contributed by atoms with E-state index in [2.05, 4.69) is 10.3 Å². The molecule has 0 bridgehead atoms. The van der Waals surface area contributed by atoms with Gasteiger partial charge in [0, 0.05) is 26.0 Å². The maximum Gasteiger partial charge on any atom is 0.356 e. The summed E-state index contributed by atoms with van der Waals surface area (Å²) < 4.78 is 5.50.